The smallest absolute Gasteiger partial charge is 0.238 e. The molecule has 0 aromatic heterocycles. The van der Waals surface area contributed by atoms with Crippen molar-refractivity contribution >= 4 is 33.3 Å². The molecule has 0 spiro atoms. The minimum Gasteiger partial charge on any atom is -0.325 e. The predicted molar refractivity (Wildman–Crippen MR) is 68.1 cm³/mol. The number of carbonyl (C=O) groups excluding carboxylic acids is 2. The third-order valence-corrected chi connectivity index (χ3v) is 3.27. The summed E-state index contributed by atoms with van der Waals surface area (Å²) >= 11 is 3.27. The van der Waals surface area contributed by atoms with Crippen molar-refractivity contribution in [1.82, 2.24) is 0 Å². The van der Waals surface area contributed by atoms with E-state index in [1.807, 2.05) is 6.92 Å². The highest BCUT2D eigenvalue weighted by Crippen LogP contribution is 2.13. The van der Waals surface area contributed by atoms with E-state index in [9.17, 15) is 9.59 Å². The SMILES string of the molecule is CCC(Br)C(=O)Nc1ccc(C(C)=O)cc1. The Bertz CT molecular complexity index is 387. The molecule has 0 heterocycles. The summed E-state index contributed by atoms with van der Waals surface area (Å²) in [5, 5.41) is 2.76. The van der Waals surface area contributed by atoms with Crippen LogP contribution in [0.4, 0.5) is 5.69 Å². The summed E-state index contributed by atoms with van der Waals surface area (Å²) in [7, 11) is 0. The minimum absolute atomic E-state index is 0.0183. The standard InChI is InChI=1S/C12H14BrNO2/c1-3-11(13)12(16)14-10-6-4-9(5-7-10)8(2)15/h4-7,11H,3H2,1-2H3,(H,14,16). The van der Waals surface area contributed by atoms with Gasteiger partial charge >= 0.3 is 0 Å². The fraction of sp³-hybridized carbons (Fsp3) is 0.333. The molecule has 0 fully saturated rings. The normalized spacial score (nSPS) is 11.9. The number of amides is 1. The van der Waals surface area contributed by atoms with Crippen molar-refractivity contribution in [2.45, 2.75) is 25.1 Å². The van der Waals surface area contributed by atoms with Crippen LogP contribution in [0.15, 0.2) is 24.3 Å². The molecular weight excluding hydrogens is 270 g/mol. The number of benzene rings is 1. The molecule has 0 aliphatic carbocycles. The summed E-state index contributed by atoms with van der Waals surface area (Å²) in [6.45, 7) is 3.44. The lowest BCUT2D eigenvalue weighted by Crippen LogP contribution is -2.21. The summed E-state index contributed by atoms with van der Waals surface area (Å²) in [4.78, 5) is 22.4. The van der Waals surface area contributed by atoms with Gasteiger partial charge in [0.1, 0.15) is 0 Å². The molecule has 0 aliphatic rings. The molecule has 0 aliphatic heterocycles. The minimum atomic E-state index is -0.181. The van der Waals surface area contributed by atoms with Crippen LogP contribution in [0.3, 0.4) is 0 Å². The first-order valence-corrected chi connectivity index (χ1v) is 6.02. The first-order valence-electron chi connectivity index (χ1n) is 5.10. The molecule has 0 saturated carbocycles. The fourth-order valence-electron chi connectivity index (χ4n) is 1.19. The third kappa shape index (κ3) is 3.45. The highest BCUT2D eigenvalue weighted by atomic mass is 79.9. The summed E-state index contributed by atoms with van der Waals surface area (Å²) < 4.78 is 0. The van der Waals surface area contributed by atoms with Gasteiger partial charge in [0.2, 0.25) is 5.91 Å². The lowest BCUT2D eigenvalue weighted by molar-refractivity contribution is -0.115. The molecular formula is C12H14BrNO2. The number of carbonyl (C=O) groups is 2. The second-order valence-corrected chi connectivity index (χ2v) is 4.60. The van der Waals surface area contributed by atoms with E-state index in [1.165, 1.54) is 6.92 Å². The van der Waals surface area contributed by atoms with Crippen molar-refractivity contribution in [3.63, 3.8) is 0 Å². The maximum Gasteiger partial charge on any atom is 0.238 e. The van der Waals surface area contributed by atoms with E-state index in [-0.39, 0.29) is 16.5 Å². The van der Waals surface area contributed by atoms with Crippen LogP contribution in [-0.2, 0) is 4.79 Å². The lowest BCUT2D eigenvalue weighted by Gasteiger charge is -2.08. The number of nitrogens with one attached hydrogen (secondary N) is 1. The highest BCUT2D eigenvalue weighted by Gasteiger charge is 2.12. The summed E-state index contributed by atoms with van der Waals surface area (Å²) in [5.74, 6) is -0.0529. The highest BCUT2D eigenvalue weighted by molar-refractivity contribution is 9.10. The maximum absolute atomic E-state index is 11.5. The van der Waals surface area contributed by atoms with Gasteiger partial charge in [0.25, 0.3) is 0 Å². The number of anilines is 1. The van der Waals surface area contributed by atoms with Gasteiger partial charge in [0, 0.05) is 11.3 Å². The Hall–Kier alpha value is -1.16. The molecule has 1 aromatic rings. The molecule has 86 valence electrons. The quantitative estimate of drug-likeness (QED) is 0.682. The van der Waals surface area contributed by atoms with Gasteiger partial charge in [-0.1, -0.05) is 22.9 Å². The van der Waals surface area contributed by atoms with Crippen LogP contribution >= 0.6 is 15.9 Å². The van der Waals surface area contributed by atoms with E-state index >= 15 is 0 Å². The van der Waals surface area contributed by atoms with Crippen molar-refractivity contribution in [3.8, 4) is 0 Å². The maximum atomic E-state index is 11.5. The monoisotopic (exact) mass is 283 g/mol. The summed E-state index contributed by atoms with van der Waals surface area (Å²) in [6, 6.07) is 6.86. The van der Waals surface area contributed by atoms with Crippen LogP contribution < -0.4 is 5.32 Å². The number of alkyl halides is 1. The van der Waals surface area contributed by atoms with Gasteiger partial charge in [0.15, 0.2) is 5.78 Å². The zero-order chi connectivity index (χ0) is 12.1. The Balaban J connectivity index is 2.69. The van der Waals surface area contributed by atoms with Crippen LogP contribution in [0.1, 0.15) is 30.6 Å². The summed E-state index contributed by atoms with van der Waals surface area (Å²) in [5.41, 5.74) is 1.34. The summed E-state index contributed by atoms with van der Waals surface area (Å²) in [6.07, 6.45) is 0.733. The van der Waals surface area contributed by atoms with E-state index in [4.69, 9.17) is 0 Å². The van der Waals surface area contributed by atoms with E-state index in [0.717, 1.165) is 6.42 Å². The Morgan fingerprint density at radius 2 is 1.88 bits per heavy atom. The van der Waals surface area contributed by atoms with Gasteiger partial charge in [-0.2, -0.15) is 0 Å². The Morgan fingerprint density at radius 1 is 1.31 bits per heavy atom. The average Bonchev–Trinajstić information content (AvgIpc) is 2.28. The van der Waals surface area contributed by atoms with E-state index < -0.39 is 0 Å². The number of Topliss-reactive ketones (excluding diaryl/α,β-unsaturated/α-hetero) is 1. The molecule has 1 unspecified atom stereocenters. The van der Waals surface area contributed by atoms with Gasteiger partial charge in [0.05, 0.1) is 4.83 Å². The Morgan fingerprint density at radius 3 is 2.31 bits per heavy atom. The van der Waals surface area contributed by atoms with Crippen LogP contribution in [0, 0.1) is 0 Å². The van der Waals surface area contributed by atoms with Gasteiger partial charge in [-0.15, -0.1) is 0 Å². The number of hydrogen-bond donors (Lipinski definition) is 1. The second kappa shape index (κ2) is 5.80. The van der Waals surface area contributed by atoms with Crippen molar-refractivity contribution in [2.75, 3.05) is 5.32 Å². The Kier molecular flexibility index (Phi) is 4.68. The second-order valence-electron chi connectivity index (χ2n) is 3.50. The number of rotatable bonds is 4. The molecule has 16 heavy (non-hydrogen) atoms. The molecule has 0 radical (unpaired) electrons. The van der Waals surface area contributed by atoms with Crippen LogP contribution in [0.2, 0.25) is 0 Å². The van der Waals surface area contributed by atoms with E-state index in [0.29, 0.717) is 11.3 Å². The van der Waals surface area contributed by atoms with E-state index in [2.05, 4.69) is 21.2 Å². The number of ketones is 1. The van der Waals surface area contributed by atoms with Crippen molar-refractivity contribution in [3.05, 3.63) is 29.8 Å². The molecule has 1 atom stereocenters. The molecule has 0 bridgehead atoms. The van der Waals surface area contributed by atoms with Gasteiger partial charge in [-0.25, -0.2) is 0 Å². The number of halogens is 1. The van der Waals surface area contributed by atoms with E-state index in [1.54, 1.807) is 24.3 Å². The largest absolute Gasteiger partial charge is 0.325 e. The zero-order valence-corrected chi connectivity index (χ0v) is 10.9. The van der Waals surface area contributed by atoms with Gasteiger partial charge in [-0.05, 0) is 37.6 Å². The molecule has 1 rings (SSSR count). The van der Waals surface area contributed by atoms with Gasteiger partial charge in [-0.3, -0.25) is 9.59 Å². The third-order valence-electron chi connectivity index (χ3n) is 2.20. The zero-order valence-electron chi connectivity index (χ0n) is 9.29. The molecule has 4 heteroatoms. The lowest BCUT2D eigenvalue weighted by atomic mass is 10.1. The van der Waals surface area contributed by atoms with Crippen LogP contribution in [0.5, 0.6) is 0 Å². The first-order chi connectivity index (χ1) is 7.54. The molecule has 1 amide bonds. The molecule has 3 nitrogen and oxygen atoms in total. The van der Waals surface area contributed by atoms with Crippen molar-refractivity contribution in [1.29, 1.82) is 0 Å². The van der Waals surface area contributed by atoms with Gasteiger partial charge < -0.3 is 5.32 Å². The van der Waals surface area contributed by atoms with Crippen molar-refractivity contribution < 1.29 is 9.59 Å². The average molecular weight is 284 g/mol. The fourth-order valence-corrected chi connectivity index (χ4v) is 1.31. The molecule has 1 aromatic carbocycles. The molecule has 1 N–H and O–H groups in total. The first kappa shape index (κ1) is 12.9. The predicted octanol–water partition coefficient (Wildman–Crippen LogP) is 3.00. The van der Waals surface area contributed by atoms with Crippen molar-refractivity contribution in [2.24, 2.45) is 0 Å². The molecule has 0 saturated heterocycles. The number of hydrogen-bond acceptors (Lipinski definition) is 2. The Labute approximate surface area is 103 Å². The topological polar surface area (TPSA) is 46.2 Å². The van der Waals surface area contributed by atoms with Crippen LogP contribution in [0.25, 0.3) is 0 Å². The van der Waals surface area contributed by atoms with Crippen LogP contribution in [-0.4, -0.2) is 16.5 Å².